The predicted molar refractivity (Wildman–Crippen MR) is 46.8 cm³/mol. The molecule has 2 N–H and O–H groups in total. The average molecular weight is 220 g/mol. The van der Waals surface area contributed by atoms with E-state index in [2.05, 4.69) is 0 Å². The minimum absolute atomic E-state index is 0. The first-order valence-electron chi connectivity index (χ1n) is 3.18. The summed E-state index contributed by atoms with van der Waals surface area (Å²) in [5.74, 6) is -2.46. The van der Waals surface area contributed by atoms with E-state index in [1.54, 1.807) is 0 Å². The van der Waals surface area contributed by atoms with Crippen LogP contribution < -0.4 is 51.4 Å². The Hall–Kier alpha value is -0.204. The molecule has 1 aromatic carbocycles. The molecular weight excluding hydrogens is 211 g/mol. The fraction of sp³-hybridized carbons (Fsp3) is 0. The van der Waals surface area contributed by atoms with E-state index in [1.807, 2.05) is 0 Å². The van der Waals surface area contributed by atoms with Crippen LogP contribution >= 0.6 is 0 Å². The van der Waals surface area contributed by atoms with Gasteiger partial charge in [0.25, 0.3) is 0 Å². The molecule has 0 heterocycles. The first-order chi connectivity index (χ1) is 5.63. The van der Waals surface area contributed by atoms with Crippen molar-refractivity contribution in [2.45, 2.75) is 0 Å². The van der Waals surface area contributed by atoms with Crippen molar-refractivity contribution in [3.05, 3.63) is 42.8 Å². The predicted octanol–water partition coefficient (Wildman–Crippen LogP) is -1.46. The van der Waals surface area contributed by atoms with E-state index in [0.717, 1.165) is 0 Å². The van der Waals surface area contributed by atoms with Gasteiger partial charge in [0.1, 0.15) is 0 Å². The molecule has 1 rings (SSSR count). The van der Waals surface area contributed by atoms with Crippen LogP contribution in [0.2, 0.25) is 0 Å². The maximum atomic E-state index is 10.5. The number of carboxylic acid groups (broad SMARTS) is 2. The number of benzene rings is 1. The molecule has 0 spiro atoms. The van der Waals surface area contributed by atoms with E-state index < -0.39 is 11.9 Å². The van der Waals surface area contributed by atoms with Crippen molar-refractivity contribution >= 4 is 11.9 Å². The Balaban J connectivity index is 0. The van der Waals surface area contributed by atoms with Gasteiger partial charge >= 0.3 is 63.3 Å². The van der Waals surface area contributed by atoms with Crippen molar-refractivity contribution in [1.29, 1.82) is 0 Å². The molecule has 0 saturated heterocycles. The van der Waals surface area contributed by atoms with E-state index in [4.69, 9.17) is 10.2 Å². The van der Waals surface area contributed by atoms with Crippen LogP contribution in [0.3, 0.4) is 0 Å². The summed E-state index contributed by atoms with van der Waals surface area (Å²) >= 11 is 0. The number of hydrogen-bond donors (Lipinski definition) is 2. The topological polar surface area (TPSA) is 74.6 Å². The molecule has 4 nitrogen and oxygen atoms in total. The second-order valence-corrected chi connectivity index (χ2v) is 2.16. The second-order valence-electron chi connectivity index (χ2n) is 2.16. The molecule has 0 amide bonds. The first-order valence-corrected chi connectivity index (χ1v) is 3.18. The Morgan fingerprint density at radius 1 is 0.929 bits per heavy atom. The largest absolute Gasteiger partial charge is 1.00 e. The minimum Gasteiger partial charge on any atom is -0.478 e. The van der Waals surface area contributed by atoms with E-state index in [1.165, 1.54) is 24.3 Å². The van der Waals surface area contributed by atoms with Crippen molar-refractivity contribution in [2.75, 3.05) is 0 Å². The third kappa shape index (κ3) is 3.89. The van der Waals surface area contributed by atoms with Crippen LogP contribution in [0.5, 0.6) is 0 Å². The standard InChI is InChI=1S/C8H6O4.CH3.K/c9-7(10)5-3-1-2-4-6(5)8(11)12;;/h1-4H,(H,9,10)(H,11,12);1H3;/q;-1;+1. The van der Waals surface area contributed by atoms with Gasteiger partial charge in [-0.3, -0.25) is 0 Å². The summed E-state index contributed by atoms with van der Waals surface area (Å²) in [6, 6.07) is 5.48. The maximum Gasteiger partial charge on any atom is 1.00 e. The summed E-state index contributed by atoms with van der Waals surface area (Å²) in [5, 5.41) is 17.1. The molecule has 0 saturated carbocycles. The Bertz CT molecular complexity index is 302. The molecule has 70 valence electrons. The molecule has 14 heavy (non-hydrogen) atoms. The number of hydrogen-bond acceptors (Lipinski definition) is 2. The van der Waals surface area contributed by atoms with Crippen LogP contribution in [0.4, 0.5) is 0 Å². The van der Waals surface area contributed by atoms with Crippen LogP contribution in [0, 0.1) is 7.43 Å². The summed E-state index contributed by atoms with van der Waals surface area (Å²) in [6.45, 7) is 0. The van der Waals surface area contributed by atoms with Crippen molar-refractivity contribution in [2.24, 2.45) is 0 Å². The number of carbonyl (C=O) groups is 2. The van der Waals surface area contributed by atoms with Crippen LogP contribution in [0.1, 0.15) is 20.7 Å². The van der Waals surface area contributed by atoms with Crippen molar-refractivity contribution in [1.82, 2.24) is 0 Å². The first kappa shape index (κ1) is 16.2. The summed E-state index contributed by atoms with van der Waals surface area (Å²) in [6.07, 6.45) is 0. The van der Waals surface area contributed by atoms with Gasteiger partial charge in [0.15, 0.2) is 0 Å². The Morgan fingerprint density at radius 2 is 1.21 bits per heavy atom. The number of rotatable bonds is 2. The van der Waals surface area contributed by atoms with Crippen molar-refractivity contribution < 1.29 is 71.2 Å². The maximum absolute atomic E-state index is 10.5. The molecule has 0 fully saturated rings. The van der Waals surface area contributed by atoms with E-state index in [-0.39, 0.29) is 69.9 Å². The molecule has 0 atom stereocenters. The summed E-state index contributed by atoms with van der Waals surface area (Å²) in [7, 11) is 0. The third-order valence-electron chi connectivity index (χ3n) is 1.39. The fourth-order valence-electron chi connectivity index (χ4n) is 0.856. The van der Waals surface area contributed by atoms with Crippen LogP contribution in [-0.2, 0) is 0 Å². The molecule has 5 heteroatoms. The second kappa shape index (κ2) is 7.14. The van der Waals surface area contributed by atoms with Gasteiger partial charge in [-0.05, 0) is 12.1 Å². The molecule has 0 aliphatic heterocycles. The fourth-order valence-corrected chi connectivity index (χ4v) is 0.856. The van der Waals surface area contributed by atoms with Gasteiger partial charge in [-0.2, -0.15) is 0 Å². The van der Waals surface area contributed by atoms with E-state index in [9.17, 15) is 9.59 Å². The zero-order valence-electron chi connectivity index (χ0n) is 8.02. The van der Waals surface area contributed by atoms with E-state index in [0.29, 0.717) is 0 Å². The Labute approximate surface area is 124 Å². The average Bonchev–Trinajstić information content (AvgIpc) is 2.04. The molecule has 0 aliphatic carbocycles. The van der Waals surface area contributed by atoms with Crippen LogP contribution in [0.25, 0.3) is 0 Å². The van der Waals surface area contributed by atoms with Gasteiger partial charge in [0.05, 0.1) is 11.1 Å². The zero-order valence-corrected chi connectivity index (χ0v) is 11.1. The number of aromatic carboxylic acids is 2. The molecule has 0 unspecified atom stereocenters. The van der Waals surface area contributed by atoms with Gasteiger partial charge in [-0.15, -0.1) is 0 Å². The normalized spacial score (nSPS) is 8.00. The molecule has 0 bridgehead atoms. The third-order valence-corrected chi connectivity index (χ3v) is 1.39. The smallest absolute Gasteiger partial charge is 0.478 e. The Morgan fingerprint density at radius 3 is 1.43 bits per heavy atom. The SMILES string of the molecule is O=C(O)c1ccccc1C(=O)O.[CH3-].[K+]. The van der Waals surface area contributed by atoms with Crippen LogP contribution in [0.15, 0.2) is 24.3 Å². The summed E-state index contributed by atoms with van der Waals surface area (Å²) in [5.41, 5.74) is -0.380. The van der Waals surface area contributed by atoms with Gasteiger partial charge in [0, 0.05) is 0 Å². The minimum atomic E-state index is -1.23. The molecule has 1 aromatic rings. The van der Waals surface area contributed by atoms with Gasteiger partial charge in [0.2, 0.25) is 0 Å². The van der Waals surface area contributed by atoms with Gasteiger partial charge in [-0.25, -0.2) is 9.59 Å². The summed E-state index contributed by atoms with van der Waals surface area (Å²) in [4.78, 5) is 20.9. The summed E-state index contributed by atoms with van der Waals surface area (Å²) < 4.78 is 0. The van der Waals surface area contributed by atoms with Crippen molar-refractivity contribution in [3.63, 3.8) is 0 Å². The zero-order chi connectivity index (χ0) is 9.14. The van der Waals surface area contributed by atoms with Crippen LogP contribution in [-0.4, -0.2) is 22.2 Å². The van der Waals surface area contributed by atoms with E-state index >= 15 is 0 Å². The van der Waals surface area contributed by atoms with Crippen molar-refractivity contribution in [3.8, 4) is 0 Å². The molecule has 0 aliphatic rings. The van der Waals surface area contributed by atoms with Gasteiger partial charge in [-0.1, -0.05) is 12.1 Å². The number of carboxylic acids is 2. The Kier molecular flexibility index (Phi) is 8.28. The monoisotopic (exact) mass is 220 g/mol. The quantitative estimate of drug-likeness (QED) is 0.472. The molecule has 0 radical (unpaired) electrons. The molecular formula is C9H9KO4. The molecule has 0 aromatic heterocycles. The van der Waals surface area contributed by atoms with Gasteiger partial charge < -0.3 is 17.6 Å².